The van der Waals surface area contributed by atoms with E-state index in [1.54, 1.807) is 0 Å². The van der Waals surface area contributed by atoms with Crippen molar-refractivity contribution in [3.05, 3.63) is 34.9 Å². The first kappa shape index (κ1) is 11.1. The van der Waals surface area contributed by atoms with Gasteiger partial charge in [-0.05, 0) is 24.5 Å². The second-order valence-electron chi connectivity index (χ2n) is 3.33. The minimum Gasteiger partial charge on any atom is -0.324 e. The van der Waals surface area contributed by atoms with Crippen molar-refractivity contribution in [2.75, 3.05) is 0 Å². The Morgan fingerprint density at radius 1 is 1.29 bits per heavy atom. The molecule has 0 aromatic heterocycles. The number of halogens is 2. The van der Waals surface area contributed by atoms with Gasteiger partial charge in [-0.25, -0.2) is 8.78 Å². The summed E-state index contributed by atoms with van der Waals surface area (Å²) in [7, 11) is 0. The zero-order valence-electron chi connectivity index (χ0n) is 8.48. The maximum Gasteiger partial charge on any atom is 0.131 e. The van der Waals surface area contributed by atoms with E-state index in [1.807, 2.05) is 13.8 Å². The molecule has 0 radical (unpaired) electrons. The van der Waals surface area contributed by atoms with E-state index in [2.05, 4.69) is 0 Å². The lowest BCUT2D eigenvalue weighted by atomic mass is 9.97. The van der Waals surface area contributed by atoms with E-state index in [9.17, 15) is 8.78 Å². The maximum atomic E-state index is 13.4. The van der Waals surface area contributed by atoms with Gasteiger partial charge in [0.2, 0.25) is 0 Å². The average Bonchev–Trinajstić information content (AvgIpc) is 2.15. The number of nitrogens with two attached hydrogens (primary N) is 1. The van der Waals surface area contributed by atoms with Gasteiger partial charge in [0, 0.05) is 17.7 Å². The van der Waals surface area contributed by atoms with E-state index in [-0.39, 0.29) is 6.04 Å². The third-order valence-electron chi connectivity index (χ3n) is 2.37. The highest BCUT2D eigenvalue weighted by Crippen LogP contribution is 2.23. The summed E-state index contributed by atoms with van der Waals surface area (Å²) in [5.74, 6) is -1.07. The third-order valence-corrected chi connectivity index (χ3v) is 2.37. The molecule has 3 heteroatoms. The Labute approximate surface area is 82.9 Å². The molecule has 14 heavy (non-hydrogen) atoms. The van der Waals surface area contributed by atoms with Crippen LogP contribution in [0.15, 0.2) is 12.1 Å². The number of aryl methyl sites for hydroxylation is 1. The van der Waals surface area contributed by atoms with Crippen LogP contribution in [0.1, 0.15) is 37.4 Å². The lowest BCUT2D eigenvalue weighted by Gasteiger charge is -2.15. The van der Waals surface area contributed by atoms with Crippen LogP contribution in [0.4, 0.5) is 8.78 Å². The normalized spacial score (nSPS) is 12.9. The first-order valence-electron chi connectivity index (χ1n) is 4.83. The molecule has 0 heterocycles. The van der Waals surface area contributed by atoms with E-state index < -0.39 is 11.6 Å². The minimum atomic E-state index is -0.536. The van der Waals surface area contributed by atoms with Crippen molar-refractivity contribution in [3.8, 4) is 0 Å². The summed E-state index contributed by atoms with van der Waals surface area (Å²) < 4.78 is 26.3. The molecule has 1 atom stereocenters. The summed E-state index contributed by atoms with van der Waals surface area (Å²) in [5.41, 5.74) is 6.88. The molecule has 78 valence electrons. The highest BCUT2D eigenvalue weighted by molar-refractivity contribution is 5.32. The summed E-state index contributed by atoms with van der Waals surface area (Å²) in [4.78, 5) is 0. The Morgan fingerprint density at radius 3 is 2.43 bits per heavy atom. The van der Waals surface area contributed by atoms with Gasteiger partial charge in [0.05, 0.1) is 0 Å². The molecule has 2 N–H and O–H groups in total. The lowest BCUT2D eigenvalue weighted by molar-refractivity contribution is 0.545. The van der Waals surface area contributed by atoms with Crippen molar-refractivity contribution in [3.63, 3.8) is 0 Å². The molecule has 0 aliphatic carbocycles. The quantitative estimate of drug-likeness (QED) is 0.795. The van der Waals surface area contributed by atoms with Crippen molar-refractivity contribution in [2.24, 2.45) is 5.73 Å². The smallest absolute Gasteiger partial charge is 0.131 e. The molecule has 1 rings (SSSR count). The molecule has 0 saturated heterocycles. The van der Waals surface area contributed by atoms with Gasteiger partial charge >= 0.3 is 0 Å². The Bertz CT molecular complexity index is 323. The van der Waals surface area contributed by atoms with Crippen LogP contribution < -0.4 is 5.73 Å². The van der Waals surface area contributed by atoms with Gasteiger partial charge in [-0.1, -0.05) is 13.8 Å². The van der Waals surface area contributed by atoms with Gasteiger partial charge in [0.15, 0.2) is 0 Å². The summed E-state index contributed by atoms with van der Waals surface area (Å²) in [6.07, 6.45) is 1.24. The Hall–Kier alpha value is -0.960. The van der Waals surface area contributed by atoms with Crippen molar-refractivity contribution in [1.29, 1.82) is 0 Å². The molecular weight excluding hydrogens is 184 g/mol. The van der Waals surface area contributed by atoms with Gasteiger partial charge in [-0.2, -0.15) is 0 Å². The molecule has 1 nitrogen and oxygen atoms in total. The number of hydrogen-bond donors (Lipinski definition) is 1. The second kappa shape index (κ2) is 4.51. The zero-order valence-corrected chi connectivity index (χ0v) is 8.48. The second-order valence-corrected chi connectivity index (χ2v) is 3.33. The zero-order chi connectivity index (χ0) is 10.7. The molecule has 0 aliphatic rings. The highest BCUT2D eigenvalue weighted by atomic mass is 19.1. The predicted octanol–water partition coefficient (Wildman–Crippen LogP) is 2.94. The molecule has 0 saturated carbocycles. The first-order chi connectivity index (χ1) is 6.60. The average molecular weight is 199 g/mol. The van der Waals surface area contributed by atoms with Crippen molar-refractivity contribution in [2.45, 2.75) is 32.7 Å². The van der Waals surface area contributed by atoms with Crippen LogP contribution in [0.3, 0.4) is 0 Å². The Balaban J connectivity index is 3.24. The summed E-state index contributed by atoms with van der Waals surface area (Å²) in [6.45, 7) is 3.74. The molecule has 1 aromatic carbocycles. The van der Waals surface area contributed by atoms with Crippen LogP contribution in [0.5, 0.6) is 0 Å². The van der Waals surface area contributed by atoms with E-state index in [4.69, 9.17) is 5.73 Å². The summed E-state index contributed by atoms with van der Waals surface area (Å²) in [6, 6.07) is 1.91. The van der Waals surface area contributed by atoms with Gasteiger partial charge < -0.3 is 5.73 Å². The Morgan fingerprint density at radius 2 is 1.93 bits per heavy atom. The number of hydrogen-bond acceptors (Lipinski definition) is 1. The van der Waals surface area contributed by atoms with Crippen LogP contribution in [-0.2, 0) is 6.42 Å². The molecular formula is C11H15F2N. The van der Waals surface area contributed by atoms with Gasteiger partial charge in [0.25, 0.3) is 0 Å². The molecule has 0 spiro atoms. The van der Waals surface area contributed by atoms with Crippen LogP contribution in [0.2, 0.25) is 0 Å². The predicted molar refractivity (Wildman–Crippen MR) is 53.0 cm³/mol. The van der Waals surface area contributed by atoms with E-state index in [0.29, 0.717) is 24.0 Å². The first-order valence-corrected chi connectivity index (χ1v) is 4.83. The van der Waals surface area contributed by atoms with Crippen molar-refractivity contribution >= 4 is 0 Å². The van der Waals surface area contributed by atoms with Crippen LogP contribution in [-0.4, -0.2) is 0 Å². The SMILES string of the molecule is CCc1cc(F)cc(F)c1[C@H](N)CC. The fourth-order valence-electron chi connectivity index (χ4n) is 1.55. The molecule has 0 unspecified atom stereocenters. The van der Waals surface area contributed by atoms with E-state index >= 15 is 0 Å². The van der Waals surface area contributed by atoms with E-state index in [1.165, 1.54) is 6.07 Å². The highest BCUT2D eigenvalue weighted by Gasteiger charge is 2.15. The van der Waals surface area contributed by atoms with Crippen LogP contribution >= 0.6 is 0 Å². The van der Waals surface area contributed by atoms with Gasteiger partial charge in [-0.15, -0.1) is 0 Å². The molecule has 1 aromatic rings. The lowest BCUT2D eigenvalue weighted by Crippen LogP contribution is -2.14. The number of rotatable bonds is 3. The third kappa shape index (κ3) is 2.10. The van der Waals surface area contributed by atoms with Crippen molar-refractivity contribution < 1.29 is 8.78 Å². The molecule has 0 bridgehead atoms. The Kier molecular flexibility index (Phi) is 3.58. The summed E-state index contributed by atoms with van der Waals surface area (Å²) in [5, 5.41) is 0. The topological polar surface area (TPSA) is 26.0 Å². The fraction of sp³-hybridized carbons (Fsp3) is 0.455. The van der Waals surface area contributed by atoms with Gasteiger partial charge in [-0.3, -0.25) is 0 Å². The minimum absolute atomic E-state index is 0.342. The summed E-state index contributed by atoms with van der Waals surface area (Å²) >= 11 is 0. The number of benzene rings is 1. The molecule has 0 amide bonds. The van der Waals surface area contributed by atoms with Gasteiger partial charge in [0.1, 0.15) is 11.6 Å². The standard InChI is InChI=1S/C11H15F2N/c1-3-7-5-8(12)6-9(13)11(7)10(14)4-2/h5-6,10H,3-4,14H2,1-2H3/t10-/m1/s1. The molecule has 0 fully saturated rings. The monoisotopic (exact) mass is 199 g/mol. The van der Waals surface area contributed by atoms with E-state index in [0.717, 1.165) is 6.07 Å². The van der Waals surface area contributed by atoms with Crippen LogP contribution in [0.25, 0.3) is 0 Å². The fourth-order valence-corrected chi connectivity index (χ4v) is 1.55. The largest absolute Gasteiger partial charge is 0.324 e. The van der Waals surface area contributed by atoms with Crippen LogP contribution in [0, 0.1) is 11.6 Å². The molecule has 0 aliphatic heterocycles. The van der Waals surface area contributed by atoms with Crippen molar-refractivity contribution in [1.82, 2.24) is 0 Å². The maximum absolute atomic E-state index is 13.4.